The quantitative estimate of drug-likeness (QED) is 0.626. The number of carbonyl (C=O) groups is 4. The molecule has 1 N–H and O–H groups in total. The van der Waals surface area contributed by atoms with E-state index in [1.165, 1.54) is 6.92 Å². The Bertz CT molecular complexity index is 590. The molecule has 0 unspecified atom stereocenters. The number of hydrogen-bond donors (Lipinski definition) is 1. The normalized spacial score (nSPS) is 15.3. The molecule has 7 nitrogen and oxygen atoms in total. The van der Waals surface area contributed by atoms with Crippen LogP contribution in [-0.4, -0.2) is 53.2 Å². The predicted octanol–water partition coefficient (Wildman–Crippen LogP) is 0.149. The minimum atomic E-state index is -1.23. The molecule has 1 aromatic carbocycles. The second-order valence-electron chi connectivity index (χ2n) is 4.73. The van der Waals surface area contributed by atoms with Crippen molar-refractivity contribution in [1.82, 2.24) is 4.90 Å². The summed E-state index contributed by atoms with van der Waals surface area (Å²) in [5, 5.41) is 8.68. The van der Waals surface area contributed by atoms with Gasteiger partial charge in [0, 0.05) is 11.3 Å². The summed E-state index contributed by atoms with van der Waals surface area (Å²) in [6, 6.07) is 6.56. The molecule has 1 saturated heterocycles. The number of carbonyl (C=O) groups excluding carboxylic acids is 3. The number of carboxylic acid groups (broad SMARTS) is 1. The average Bonchev–Trinajstić information content (AvgIpc) is 2.42. The molecule has 1 aromatic rings. The third kappa shape index (κ3) is 3.25. The van der Waals surface area contributed by atoms with Crippen molar-refractivity contribution in [2.75, 3.05) is 24.5 Å². The summed E-state index contributed by atoms with van der Waals surface area (Å²) >= 11 is 0. The molecule has 1 aliphatic rings. The van der Waals surface area contributed by atoms with Gasteiger partial charge in [-0.05, 0) is 31.2 Å². The number of ketones is 1. The Morgan fingerprint density at radius 1 is 1.10 bits per heavy atom. The molecule has 7 heteroatoms. The van der Waals surface area contributed by atoms with Crippen molar-refractivity contribution in [3.05, 3.63) is 29.8 Å². The number of carboxylic acids is 1. The third-order valence-corrected chi connectivity index (χ3v) is 3.19. The topological polar surface area (TPSA) is 95.0 Å². The van der Waals surface area contributed by atoms with Crippen molar-refractivity contribution in [1.29, 1.82) is 0 Å². The Kier molecular flexibility index (Phi) is 4.02. The minimum absolute atomic E-state index is 0.0695. The lowest BCUT2D eigenvalue weighted by molar-refractivity contribution is -0.153. The molecule has 2 rings (SSSR count). The van der Waals surface area contributed by atoms with Crippen LogP contribution in [0.25, 0.3) is 0 Å². The fraction of sp³-hybridized carbons (Fsp3) is 0.286. The van der Waals surface area contributed by atoms with Crippen LogP contribution in [-0.2, 0) is 14.4 Å². The molecule has 1 aliphatic heterocycles. The Balaban J connectivity index is 2.13. The molecule has 2 amide bonds. The number of rotatable bonds is 4. The molecular weight excluding hydrogens is 276 g/mol. The molecule has 0 radical (unpaired) electrons. The van der Waals surface area contributed by atoms with Crippen LogP contribution in [0.2, 0.25) is 0 Å². The fourth-order valence-electron chi connectivity index (χ4n) is 2.09. The van der Waals surface area contributed by atoms with Gasteiger partial charge in [-0.2, -0.15) is 0 Å². The maximum atomic E-state index is 11.8. The van der Waals surface area contributed by atoms with E-state index < -0.39 is 24.3 Å². The monoisotopic (exact) mass is 290 g/mol. The van der Waals surface area contributed by atoms with E-state index in [1.54, 1.807) is 29.2 Å². The highest BCUT2D eigenvalue weighted by Gasteiger charge is 2.32. The zero-order chi connectivity index (χ0) is 15.6. The van der Waals surface area contributed by atoms with E-state index in [2.05, 4.69) is 0 Å². The van der Waals surface area contributed by atoms with Crippen LogP contribution in [0.15, 0.2) is 24.3 Å². The van der Waals surface area contributed by atoms with Crippen molar-refractivity contribution < 1.29 is 24.3 Å². The molecule has 0 aromatic heterocycles. The van der Waals surface area contributed by atoms with Crippen LogP contribution in [0, 0.1) is 0 Å². The Morgan fingerprint density at radius 3 is 2.05 bits per heavy atom. The van der Waals surface area contributed by atoms with Gasteiger partial charge < -0.3 is 10.0 Å². The average molecular weight is 290 g/mol. The van der Waals surface area contributed by atoms with E-state index in [0.29, 0.717) is 11.3 Å². The van der Waals surface area contributed by atoms with Crippen LogP contribution in [0.4, 0.5) is 5.69 Å². The Morgan fingerprint density at radius 2 is 1.62 bits per heavy atom. The molecule has 0 aliphatic carbocycles. The van der Waals surface area contributed by atoms with Gasteiger partial charge in [0.25, 0.3) is 0 Å². The summed E-state index contributed by atoms with van der Waals surface area (Å²) in [6.07, 6.45) is 0. The number of Topliss-reactive ketones (excluding diaryl/α,β-unsaturated/α-hetero) is 1. The third-order valence-electron chi connectivity index (χ3n) is 3.19. The fourth-order valence-corrected chi connectivity index (χ4v) is 2.09. The second kappa shape index (κ2) is 5.74. The minimum Gasteiger partial charge on any atom is -0.480 e. The van der Waals surface area contributed by atoms with Crippen molar-refractivity contribution in [2.45, 2.75) is 6.92 Å². The van der Waals surface area contributed by atoms with Crippen molar-refractivity contribution in [2.24, 2.45) is 0 Å². The van der Waals surface area contributed by atoms with Gasteiger partial charge in [0.05, 0.1) is 13.1 Å². The standard InChI is InChI=1S/C14H14N2O5/c1-9(17)10-2-4-11(5-3-10)15-6-12(18)16(8-14(20)21)13(19)7-15/h2-5H,6-8H2,1H3,(H,20,21). The van der Waals surface area contributed by atoms with Crippen molar-refractivity contribution in [3.8, 4) is 0 Å². The highest BCUT2D eigenvalue weighted by Crippen LogP contribution is 2.18. The number of piperazine rings is 1. The largest absolute Gasteiger partial charge is 0.480 e. The van der Waals surface area contributed by atoms with E-state index in [-0.39, 0.29) is 18.9 Å². The number of hydrogen-bond acceptors (Lipinski definition) is 5. The first-order chi connectivity index (χ1) is 9.88. The maximum absolute atomic E-state index is 11.8. The van der Waals surface area contributed by atoms with Gasteiger partial charge in [0.15, 0.2) is 5.78 Å². The Hall–Kier alpha value is -2.70. The summed E-state index contributed by atoms with van der Waals surface area (Å²) in [6.45, 7) is 0.693. The van der Waals surface area contributed by atoms with Gasteiger partial charge in [-0.15, -0.1) is 0 Å². The van der Waals surface area contributed by atoms with Gasteiger partial charge in [-0.3, -0.25) is 24.1 Å². The van der Waals surface area contributed by atoms with Gasteiger partial charge >= 0.3 is 5.97 Å². The Labute approximate surface area is 120 Å². The smallest absolute Gasteiger partial charge is 0.323 e. The highest BCUT2D eigenvalue weighted by atomic mass is 16.4. The lowest BCUT2D eigenvalue weighted by atomic mass is 10.1. The van der Waals surface area contributed by atoms with Gasteiger partial charge in [-0.25, -0.2) is 0 Å². The van der Waals surface area contributed by atoms with Gasteiger partial charge in [0.1, 0.15) is 6.54 Å². The van der Waals surface area contributed by atoms with Crippen LogP contribution in [0.1, 0.15) is 17.3 Å². The van der Waals surface area contributed by atoms with E-state index in [9.17, 15) is 19.2 Å². The predicted molar refractivity (Wildman–Crippen MR) is 73.0 cm³/mol. The molecule has 0 saturated carbocycles. The van der Waals surface area contributed by atoms with Crippen LogP contribution in [0.3, 0.4) is 0 Å². The molecule has 0 bridgehead atoms. The number of imide groups is 1. The zero-order valence-electron chi connectivity index (χ0n) is 11.4. The molecule has 0 atom stereocenters. The molecule has 0 spiro atoms. The van der Waals surface area contributed by atoms with E-state index in [1.807, 2.05) is 0 Å². The van der Waals surface area contributed by atoms with Crippen LogP contribution >= 0.6 is 0 Å². The van der Waals surface area contributed by atoms with E-state index in [0.717, 1.165) is 4.90 Å². The number of nitrogens with zero attached hydrogens (tertiary/aromatic N) is 2. The number of aliphatic carboxylic acids is 1. The summed E-state index contributed by atoms with van der Waals surface area (Å²) in [5.41, 5.74) is 1.18. The second-order valence-corrected chi connectivity index (χ2v) is 4.73. The molecule has 1 fully saturated rings. The van der Waals surface area contributed by atoms with Gasteiger partial charge in [-0.1, -0.05) is 0 Å². The van der Waals surface area contributed by atoms with Crippen molar-refractivity contribution >= 4 is 29.3 Å². The highest BCUT2D eigenvalue weighted by molar-refractivity contribution is 6.04. The first-order valence-electron chi connectivity index (χ1n) is 6.29. The number of benzene rings is 1. The van der Waals surface area contributed by atoms with E-state index in [4.69, 9.17) is 5.11 Å². The van der Waals surface area contributed by atoms with Crippen LogP contribution in [0.5, 0.6) is 0 Å². The first-order valence-corrected chi connectivity index (χ1v) is 6.29. The summed E-state index contributed by atoms with van der Waals surface area (Å²) in [7, 11) is 0. The summed E-state index contributed by atoms with van der Waals surface area (Å²) in [4.78, 5) is 47.8. The lowest BCUT2D eigenvalue weighted by Gasteiger charge is -2.33. The summed E-state index contributed by atoms with van der Waals surface area (Å²) < 4.78 is 0. The zero-order valence-corrected chi connectivity index (χ0v) is 11.4. The number of amides is 2. The van der Waals surface area contributed by atoms with Crippen LogP contribution < -0.4 is 4.90 Å². The molecule has 110 valence electrons. The summed E-state index contributed by atoms with van der Waals surface area (Å²) in [5.74, 6) is -2.40. The van der Waals surface area contributed by atoms with Gasteiger partial charge in [0.2, 0.25) is 11.8 Å². The van der Waals surface area contributed by atoms with E-state index >= 15 is 0 Å². The SMILES string of the molecule is CC(=O)c1ccc(N2CC(=O)N(CC(=O)O)C(=O)C2)cc1. The molecule has 21 heavy (non-hydrogen) atoms. The van der Waals surface area contributed by atoms with Crippen molar-refractivity contribution in [3.63, 3.8) is 0 Å². The first kappa shape index (κ1) is 14.7. The molecular formula is C14H14N2O5. The lowest BCUT2D eigenvalue weighted by Crippen LogP contribution is -2.55. The maximum Gasteiger partial charge on any atom is 0.323 e. The number of anilines is 1. The molecule has 1 heterocycles.